The number of thiophene rings is 1. The third-order valence-electron chi connectivity index (χ3n) is 6.26. The zero-order chi connectivity index (χ0) is 20.8. The summed E-state index contributed by atoms with van der Waals surface area (Å²) < 4.78 is 2.46. The fraction of sp³-hybridized carbons (Fsp3) is 0.429. The van der Waals surface area contributed by atoms with Crippen LogP contribution in [0.3, 0.4) is 0 Å². The smallest absolute Gasteiger partial charge is 0.0999 e. The van der Waals surface area contributed by atoms with E-state index in [4.69, 9.17) is 0 Å². The Morgan fingerprint density at radius 1 is 0.667 bits per heavy atom. The van der Waals surface area contributed by atoms with E-state index in [2.05, 4.69) is 72.3 Å². The first-order valence-electron chi connectivity index (χ1n) is 11.9. The van der Waals surface area contributed by atoms with Crippen molar-refractivity contribution < 1.29 is 0 Å². The minimum absolute atomic E-state index is 1.19. The fourth-order valence-electron chi connectivity index (χ4n) is 4.57. The van der Waals surface area contributed by atoms with Crippen LogP contribution in [0.15, 0.2) is 53.9 Å². The lowest BCUT2D eigenvalue weighted by molar-refractivity contribution is 0.667. The van der Waals surface area contributed by atoms with E-state index >= 15 is 0 Å². The maximum atomic E-state index is 2.47. The Hall–Kier alpha value is -2.06. The van der Waals surface area contributed by atoms with Gasteiger partial charge in [0.05, 0.1) is 16.0 Å². The van der Waals surface area contributed by atoms with E-state index < -0.39 is 0 Å². The molecule has 0 saturated heterocycles. The van der Waals surface area contributed by atoms with Gasteiger partial charge in [-0.25, -0.2) is 0 Å². The van der Waals surface area contributed by atoms with Crippen molar-refractivity contribution >= 4 is 33.1 Å². The summed E-state index contributed by atoms with van der Waals surface area (Å²) >= 11 is 1.82. The highest BCUT2D eigenvalue weighted by Gasteiger charge is 2.14. The molecule has 0 aliphatic rings. The molecule has 0 aliphatic heterocycles. The molecule has 2 heteroatoms. The lowest BCUT2D eigenvalue weighted by atomic mass is 10.0. The van der Waals surface area contributed by atoms with Crippen LogP contribution in [0.2, 0.25) is 0 Å². The molecule has 2 heterocycles. The Kier molecular flexibility index (Phi) is 7.28. The molecular formula is C28H35NS. The molecule has 0 amide bonds. The van der Waals surface area contributed by atoms with Crippen LogP contribution >= 0.6 is 11.3 Å². The number of benzene rings is 2. The van der Waals surface area contributed by atoms with Crippen LogP contribution in [0.5, 0.6) is 0 Å². The van der Waals surface area contributed by atoms with Gasteiger partial charge in [0, 0.05) is 10.8 Å². The van der Waals surface area contributed by atoms with E-state index in [1.807, 2.05) is 11.3 Å². The standard InChI is InChI=1S/C28H35NS/c1-3-5-7-9-12-22-15-17-26-24(20-22)25-21-23(13-10-8-6-4-2)16-18-27(25)29(26)28-14-11-19-30-28/h11,14-21H,3-10,12-13H2,1-2H3. The van der Waals surface area contributed by atoms with E-state index in [9.17, 15) is 0 Å². The molecule has 2 aromatic heterocycles. The third-order valence-corrected chi connectivity index (χ3v) is 7.11. The molecule has 0 unspecified atom stereocenters. The van der Waals surface area contributed by atoms with Crippen LogP contribution in [-0.4, -0.2) is 4.57 Å². The second-order valence-corrected chi connectivity index (χ2v) is 9.54. The molecule has 0 radical (unpaired) electrons. The van der Waals surface area contributed by atoms with E-state index in [0.717, 1.165) is 0 Å². The summed E-state index contributed by atoms with van der Waals surface area (Å²) in [5.41, 5.74) is 5.65. The minimum Gasteiger partial charge on any atom is -0.301 e. The molecule has 0 aliphatic carbocycles. The number of aryl methyl sites for hydroxylation is 2. The van der Waals surface area contributed by atoms with Gasteiger partial charge < -0.3 is 4.57 Å². The van der Waals surface area contributed by atoms with Gasteiger partial charge in [-0.2, -0.15) is 0 Å². The fourth-order valence-corrected chi connectivity index (χ4v) is 5.33. The Bertz CT molecular complexity index is 1000. The van der Waals surface area contributed by atoms with Crippen molar-refractivity contribution in [1.82, 2.24) is 4.57 Å². The normalized spacial score (nSPS) is 11.7. The zero-order valence-electron chi connectivity index (χ0n) is 18.6. The molecule has 0 atom stereocenters. The van der Waals surface area contributed by atoms with Crippen LogP contribution in [0.4, 0.5) is 0 Å². The van der Waals surface area contributed by atoms with Crippen LogP contribution in [0, 0.1) is 0 Å². The zero-order valence-corrected chi connectivity index (χ0v) is 19.4. The van der Waals surface area contributed by atoms with Crippen LogP contribution in [-0.2, 0) is 12.8 Å². The summed E-state index contributed by atoms with van der Waals surface area (Å²) in [6, 6.07) is 18.7. The lowest BCUT2D eigenvalue weighted by Crippen LogP contribution is -1.91. The Balaban J connectivity index is 1.72. The number of hydrogen-bond donors (Lipinski definition) is 0. The highest BCUT2D eigenvalue weighted by Crippen LogP contribution is 2.35. The minimum atomic E-state index is 1.19. The van der Waals surface area contributed by atoms with Crippen LogP contribution in [0.25, 0.3) is 26.8 Å². The van der Waals surface area contributed by atoms with Crippen LogP contribution < -0.4 is 0 Å². The summed E-state index contributed by atoms with van der Waals surface area (Å²) in [5.74, 6) is 0. The SMILES string of the molecule is CCCCCCc1ccc2c(c1)c1cc(CCCCCC)ccc1n2-c1cccs1. The van der Waals surface area contributed by atoms with Crippen molar-refractivity contribution in [2.24, 2.45) is 0 Å². The summed E-state index contributed by atoms with van der Waals surface area (Å²) in [6.07, 6.45) is 13.0. The predicted molar refractivity (Wildman–Crippen MR) is 134 cm³/mol. The first-order valence-corrected chi connectivity index (χ1v) is 12.8. The topological polar surface area (TPSA) is 4.93 Å². The summed E-state index contributed by atoms with van der Waals surface area (Å²) in [6.45, 7) is 4.57. The van der Waals surface area contributed by atoms with Gasteiger partial charge in [0.25, 0.3) is 0 Å². The Morgan fingerprint density at radius 2 is 1.23 bits per heavy atom. The van der Waals surface area contributed by atoms with Gasteiger partial charge in [0.15, 0.2) is 0 Å². The second kappa shape index (κ2) is 10.3. The Morgan fingerprint density at radius 3 is 1.70 bits per heavy atom. The molecule has 0 saturated carbocycles. The molecule has 30 heavy (non-hydrogen) atoms. The van der Waals surface area contributed by atoms with Gasteiger partial charge in [-0.3, -0.25) is 0 Å². The molecule has 0 N–H and O–H groups in total. The number of aromatic nitrogens is 1. The highest BCUT2D eigenvalue weighted by atomic mass is 32.1. The molecule has 0 fully saturated rings. The van der Waals surface area contributed by atoms with Gasteiger partial charge in [-0.15, -0.1) is 11.3 Å². The van der Waals surface area contributed by atoms with Gasteiger partial charge in [-0.1, -0.05) is 64.5 Å². The molecule has 4 rings (SSSR count). The Labute approximate surface area is 185 Å². The first kappa shape index (κ1) is 21.2. The maximum absolute atomic E-state index is 2.47. The van der Waals surface area contributed by atoms with Crippen molar-refractivity contribution in [2.45, 2.75) is 78.1 Å². The van der Waals surface area contributed by atoms with Crippen LogP contribution in [0.1, 0.15) is 76.3 Å². The van der Waals surface area contributed by atoms with Crippen molar-refractivity contribution in [3.05, 3.63) is 65.0 Å². The molecule has 0 spiro atoms. The van der Waals surface area contributed by atoms with Gasteiger partial charge in [-0.05, 0) is 78.6 Å². The molecule has 2 aromatic carbocycles. The molecule has 0 bridgehead atoms. The van der Waals surface area contributed by atoms with E-state index in [-0.39, 0.29) is 0 Å². The summed E-state index contributed by atoms with van der Waals surface area (Å²) in [5, 5.41) is 6.32. The predicted octanol–water partition coefficient (Wildman–Crippen LogP) is 9.09. The van der Waals surface area contributed by atoms with Gasteiger partial charge >= 0.3 is 0 Å². The van der Waals surface area contributed by atoms with E-state index in [0.29, 0.717) is 0 Å². The highest BCUT2D eigenvalue weighted by molar-refractivity contribution is 7.12. The molecule has 1 nitrogen and oxygen atoms in total. The molecule has 158 valence electrons. The van der Waals surface area contributed by atoms with Crippen molar-refractivity contribution in [1.29, 1.82) is 0 Å². The molecular weight excluding hydrogens is 382 g/mol. The second-order valence-electron chi connectivity index (χ2n) is 8.61. The largest absolute Gasteiger partial charge is 0.301 e. The monoisotopic (exact) mass is 417 g/mol. The number of rotatable bonds is 11. The summed E-state index contributed by atoms with van der Waals surface area (Å²) in [7, 11) is 0. The number of unbranched alkanes of at least 4 members (excludes halogenated alkanes) is 6. The number of hydrogen-bond acceptors (Lipinski definition) is 1. The number of nitrogens with zero attached hydrogens (tertiary/aromatic N) is 1. The third kappa shape index (κ3) is 4.64. The van der Waals surface area contributed by atoms with Crippen molar-refractivity contribution in [2.75, 3.05) is 0 Å². The lowest BCUT2D eigenvalue weighted by Gasteiger charge is -2.06. The molecule has 4 aromatic rings. The average Bonchev–Trinajstić information content (AvgIpc) is 3.40. The quantitative estimate of drug-likeness (QED) is 0.214. The van der Waals surface area contributed by atoms with Gasteiger partial charge in [0.1, 0.15) is 0 Å². The van der Waals surface area contributed by atoms with Crippen molar-refractivity contribution in [3.8, 4) is 5.00 Å². The average molecular weight is 418 g/mol. The first-order chi connectivity index (χ1) is 14.8. The maximum Gasteiger partial charge on any atom is 0.0999 e. The van der Waals surface area contributed by atoms with Crippen molar-refractivity contribution in [3.63, 3.8) is 0 Å². The van der Waals surface area contributed by atoms with E-state index in [1.54, 1.807) is 0 Å². The summed E-state index contributed by atoms with van der Waals surface area (Å²) in [4.78, 5) is 0. The number of fused-ring (bicyclic) bond motifs is 3. The van der Waals surface area contributed by atoms with Gasteiger partial charge in [0.2, 0.25) is 0 Å². The van der Waals surface area contributed by atoms with E-state index in [1.165, 1.54) is 102 Å².